The summed E-state index contributed by atoms with van der Waals surface area (Å²) in [5, 5.41) is 10.2. The van der Waals surface area contributed by atoms with Crippen molar-refractivity contribution in [2.24, 2.45) is 0 Å². The van der Waals surface area contributed by atoms with Crippen LogP contribution in [-0.4, -0.2) is 57.1 Å². The molecule has 1 aromatic carbocycles. The summed E-state index contributed by atoms with van der Waals surface area (Å²) in [6.45, 7) is 7.79. The van der Waals surface area contributed by atoms with Crippen LogP contribution in [0.15, 0.2) is 35.6 Å². The second-order valence-corrected chi connectivity index (χ2v) is 7.81. The minimum Gasteiger partial charge on any atom is -0.378 e. The van der Waals surface area contributed by atoms with Crippen molar-refractivity contribution in [1.29, 1.82) is 0 Å². The number of anilines is 1. The van der Waals surface area contributed by atoms with Gasteiger partial charge in [0.05, 0.1) is 18.5 Å². The van der Waals surface area contributed by atoms with Gasteiger partial charge in [0.1, 0.15) is 0 Å². The molecule has 27 heavy (non-hydrogen) atoms. The third kappa shape index (κ3) is 3.46. The Morgan fingerprint density at radius 3 is 2.85 bits per heavy atom. The van der Waals surface area contributed by atoms with Crippen LogP contribution in [0.5, 0.6) is 0 Å². The maximum atomic E-state index is 13.0. The summed E-state index contributed by atoms with van der Waals surface area (Å²) in [5.74, 6) is 0.950. The number of carbonyl (C=O) groups is 1. The normalized spacial score (nSPS) is 16.0. The Morgan fingerprint density at radius 2 is 2.07 bits per heavy atom. The number of fused-ring (bicyclic) bond motifs is 1. The number of H-pyrrole nitrogens is 1. The van der Waals surface area contributed by atoms with E-state index < -0.39 is 0 Å². The van der Waals surface area contributed by atoms with Gasteiger partial charge in [-0.05, 0) is 19.9 Å². The van der Waals surface area contributed by atoms with Crippen LogP contribution in [0.4, 0.5) is 5.95 Å². The van der Waals surface area contributed by atoms with E-state index >= 15 is 0 Å². The van der Waals surface area contributed by atoms with E-state index in [0.717, 1.165) is 47.2 Å². The van der Waals surface area contributed by atoms with E-state index in [2.05, 4.69) is 31.6 Å². The average molecular weight is 385 g/mol. The maximum absolute atomic E-state index is 13.0. The minimum absolute atomic E-state index is 0.0935. The Labute approximate surface area is 162 Å². The van der Waals surface area contributed by atoms with E-state index in [1.807, 2.05) is 31.2 Å². The Bertz CT molecular complexity index is 945. The molecule has 142 valence electrons. The second-order valence-electron chi connectivity index (χ2n) is 6.50. The molecule has 2 aromatic heterocycles. The molecule has 0 amide bonds. The Hall–Kier alpha value is -2.32. The third-order valence-corrected chi connectivity index (χ3v) is 5.89. The van der Waals surface area contributed by atoms with Gasteiger partial charge in [-0.3, -0.25) is 9.36 Å². The predicted octanol–water partition coefficient (Wildman–Crippen LogP) is 2.98. The van der Waals surface area contributed by atoms with Gasteiger partial charge in [-0.2, -0.15) is 0 Å². The number of thioether (sulfide) groups is 1. The van der Waals surface area contributed by atoms with E-state index in [0.29, 0.717) is 13.2 Å². The molecule has 1 fully saturated rings. The molecule has 1 atom stereocenters. The SMILES string of the molecule is CCn1c(S[C@H](C)C(=O)c2c[nH]c3ccccc23)nnc1N1CCOCC1. The molecule has 7 nitrogen and oxygen atoms in total. The second kappa shape index (κ2) is 7.74. The third-order valence-electron chi connectivity index (χ3n) is 4.81. The molecule has 3 heterocycles. The van der Waals surface area contributed by atoms with Gasteiger partial charge in [0, 0.05) is 42.3 Å². The number of hydrogen-bond donors (Lipinski definition) is 1. The molecule has 0 bridgehead atoms. The fourth-order valence-electron chi connectivity index (χ4n) is 3.35. The number of aromatic amines is 1. The van der Waals surface area contributed by atoms with Crippen molar-refractivity contribution in [2.75, 3.05) is 31.2 Å². The van der Waals surface area contributed by atoms with Crippen molar-refractivity contribution in [2.45, 2.75) is 30.8 Å². The van der Waals surface area contributed by atoms with E-state index in [4.69, 9.17) is 4.74 Å². The molecule has 1 N–H and O–H groups in total. The van der Waals surface area contributed by atoms with Gasteiger partial charge in [-0.1, -0.05) is 30.0 Å². The molecule has 1 aliphatic rings. The van der Waals surface area contributed by atoms with Gasteiger partial charge in [0.2, 0.25) is 5.95 Å². The highest BCUT2D eigenvalue weighted by atomic mass is 32.2. The van der Waals surface area contributed by atoms with E-state index in [9.17, 15) is 4.79 Å². The number of Topliss-reactive ketones (excluding diaryl/α,β-unsaturated/α-hetero) is 1. The summed E-state index contributed by atoms with van der Waals surface area (Å²) in [5.41, 5.74) is 1.70. The van der Waals surface area contributed by atoms with Crippen LogP contribution < -0.4 is 4.90 Å². The van der Waals surface area contributed by atoms with Crippen LogP contribution in [0.3, 0.4) is 0 Å². The standard InChI is InChI=1S/C19H23N5O2S/c1-3-24-18(23-8-10-26-11-9-23)21-22-19(24)27-13(2)17(25)15-12-20-16-7-5-4-6-14(15)16/h4-7,12-13,20H,3,8-11H2,1-2H3/t13-/m1/s1. The lowest BCUT2D eigenvalue weighted by atomic mass is 10.1. The van der Waals surface area contributed by atoms with Gasteiger partial charge in [-0.25, -0.2) is 0 Å². The number of para-hydroxylation sites is 1. The number of rotatable bonds is 6. The highest BCUT2D eigenvalue weighted by Gasteiger charge is 2.25. The molecular weight excluding hydrogens is 362 g/mol. The Morgan fingerprint density at radius 1 is 1.30 bits per heavy atom. The van der Waals surface area contributed by atoms with Crippen LogP contribution in [0.1, 0.15) is 24.2 Å². The van der Waals surface area contributed by atoms with Crippen molar-refractivity contribution >= 4 is 34.4 Å². The summed E-state index contributed by atoms with van der Waals surface area (Å²) >= 11 is 1.46. The summed E-state index contributed by atoms with van der Waals surface area (Å²) in [7, 11) is 0. The zero-order valence-corrected chi connectivity index (χ0v) is 16.3. The van der Waals surface area contributed by atoms with Gasteiger partial charge < -0.3 is 14.6 Å². The maximum Gasteiger partial charge on any atom is 0.228 e. The lowest BCUT2D eigenvalue weighted by molar-refractivity contribution is 0.0995. The first-order chi connectivity index (χ1) is 13.2. The van der Waals surface area contributed by atoms with Crippen LogP contribution in [-0.2, 0) is 11.3 Å². The lowest BCUT2D eigenvalue weighted by Gasteiger charge is -2.27. The molecule has 0 saturated carbocycles. The van der Waals surface area contributed by atoms with Crippen molar-refractivity contribution < 1.29 is 9.53 Å². The minimum atomic E-state index is -0.253. The van der Waals surface area contributed by atoms with Crippen LogP contribution in [0.25, 0.3) is 10.9 Å². The number of morpholine rings is 1. The Kier molecular flexibility index (Phi) is 5.18. The van der Waals surface area contributed by atoms with Gasteiger partial charge in [-0.15, -0.1) is 10.2 Å². The number of benzene rings is 1. The van der Waals surface area contributed by atoms with Crippen molar-refractivity contribution in [3.8, 4) is 0 Å². The summed E-state index contributed by atoms with van der Waals surface area (Å²) < 4.78 is 7.50. The largest absolute Gasteiger partial charge is 0.378 e. The first kappa shape index (κ1) is 18.1. The molecule has 0 aliphatic carbocycles. The highest BCUT2D eigenvalue weighted by molar-refractivity contribution is 8.00. The summed E-state index contributed by atoms with van der Waals surface area (Å²) in [6, 6.07) is 7.86. The smallest absolute Gasteiger partial charge is 0.228 e. The number of ketones is 1. The highest BCUT2D eigenvalue weighted by Crippen LogP contribution is 2.29. The van der Waals surface area contributed by atoms with Crippen molar-refractivity contribution in [3.63, 3.8) is 0 Å². The fourth-order valence-corrected chi connectivity index (χ4v) is 4.32. The molecule has 0 unspecified atom stereocenters. The van der Waals surface area contributed by atoms with Gasteiger partial charge in [0.25, 0.3) is 0 Å². The number of nitrogens with zero attached hydrogens (tertiary/aromatic N) is 4. The fraction of sp³-hybridized carbons (Fsp3) is 0.421. The molecule has 3 aromatic rings. The number of nitrogens with one attached hydrogen (secondary N) is 1. The zero-order chi connectivity index (χ0) is 18.8. The number of aromatic nitrogens is 4. The molecule has 1 saturated heterocycles. The zero-order valence-electron chi connectivity index (χ0n) is 15.5. The van der Waals surface area contributed by atoms with Gasteiger partial charge in [0.15, 0.2) is 10.9 Å². The van der Waals surface area contributed by atoms with E-state index in [1.54, 1.807) is 6.20 Å². The topological polar surface area (TPSA) is 76.0 Å². The quantitative estimate of drug-likeness (QED) is 0.519. The number of hydrogen-bond acceptors (Lipinski definition) is 6. The Balaban J connectivity index is 1.54. The van der Waals surface area contributed by atoms with Crippen LogP contribution >= 0.6 is 11.8 Å². The molecule has 1 aliphatic heterocycles. The number of ether oxygens (including phenoxy) is 1. The predicted molar refractivity (Wildman–Crippen MR) is 107 cm³/mol. The number of carbonyl (C=O) groups excluding carboxylic acids is 1. The summed E-state index contributed by atoms with van der Waals surface area (Å²) in [6.07, 6.45) is 1.80. The monoisotopic (exact) mass is 385 g/mol. The summed E-state index contributed by atoms with van der Waals surface area (Å²) in [4.78, 5) is 18.4. The van der Waals surface area contributed by atoms with E-state index in [1.165, 1.54) is 11.8 Å². The van der Waals surface area contributed by atoms with Crippen molar-refractivity contribution in [1.82, 2.24) is 19.7 Å². The first-order valence-corrected chi connectivity index (χ1v) is 10.1. The lowest BCUT2D eigenvalue weighted by Crippen LogP contribution is -2.38. The molecule has 4 rings (SSSR count). The van der Waals surface area contributed by atoms with Crippen LogP contribution in [0, 0.1) is 0 Å². The molecular formula is C19H23N5O2S. The van der Waals surface area contributed by atoms with E-state index in [-0.39, 0.29) is 11.0 Å². The van der Waals surface area contributed by atoms with Gasteiger partial charge >= 0.3 is 0 Å². The molecule has 0 radical (unpaired) electrons. The van der Waals surface area contributed by atoms with Crippen molar-refractivity contribution in [3.05, 3.63) is 36.0 Å². The molecule has 8 heteroatoms. The van der Waals surface area contributed by atoms with Crippen LogP contribution in [0.2, 0.25) is 0 Å². The molecule has 0 spiro atoms. The first-order valence-electron chi connectivity index (χ1n) is 9.22. The average Bonchev–Trinajstić information content (AvgIpc) is 3.32.